The van der Waals surface area contributed by atoms with Gasteiger partial charge in [0.15, 0.2) is 0 Å². The number of amides is 1. The summed E-state index contributed by atoms with van der Waals surface area (Å²) in [6.45, 7) is 7.06. The Bertz CT molecular complexity index is 697. The van der Waals surface area contributed by atoms with Crippen molar-refractivity contribution in [2.45, 2.75) is 32.5 Å². The maximum absolute atomic E-state index is 12.8. The smallest absolute Gasteiger partial charge is 0.266 e. The maximum atomic E-state index is 12.8. The lowest BCUT2D eigenvalue weighted by molar-refractivity contribution is -0.118. The van der Waals surface area contributed by atoms with E-state index >= 15 is 0 Å². The number of fused-ring (bicyclic) bond motifs is 1. The molecule has 1 aliphatic heterocycles. The van der Waals surface area contributed by atoms with Crippen molar-refractivity contribution in [3.05, 3.63) is 17.3 Å². The van der Waals surface area contributed by atoms with Crippen molar-refractivity contribution in [3.8, 4) is 0 Å². The van der Waals surface area contributed by atoms with Crippen molar-refractivity contribution in [2.75, 3.05) is 18.8 Å². The molecular weight excluding hydrogens is 288 g/mol. The molecule has 1 aliphatic rings. The van der Waals surface area contributed by atoms with Crippen LogP contribution in [-0.4, -0.2) is 45.6 Å². The Morgan fingerprint density at radius 1 is 1.48 bits per heavy atom. The van der Waals surface area contributed by atoms with E-state index in [9.17, 15) is 4.79 Å². The molecule has 0 saturated carbocycles. The number of rotatable bonds is 1. The van der Waals surface area contributed by atoms with Gasteiger partial charge in [-0.05, 0) is 20.8 Å². The summed E-state index contributed by atoms with van der Waals surface area (Å²) in [5.74, 6) is -0.0690. The van der Waals surface area contributed by atoms with Crippen LogP contribution in [-0.2, 0) is 4.74 Å². The van der Waals surface area contributed by atoms with Gasteiger partial charge in [-0.3, -0.25) is 4.79 Å². The lowest BCUT2D eigenvalue weighted by atomic mass is 10.1. The minimum absolute atomic E-state index is 0.00422. The number of hydrogen-bond donors (Lipinski definition) is 1. The molecule has 2 aromatic rings. The molecule has 21 heavy (non-hydrogen) atoms. The van der Waals surface area contributed by atoms with Gasteiger partial charge in [0.1, 0.15) is 15.2 Å². The van der Waals surface area contributed by atoms with Crippen LogP contribution in [0.25, 0.3) is 10.3 Å². The number of morpholine rings is 1. The van der Waals surface area contributed by atoms with E-state index in [-0.39, 0.29) is 17.6 Å². The Hall–Kier alpha value is -1.73. The topological polar surface area (TPSA) is 81.3 Å². The van der Waals surface area contributed by atoms with Crippen molar-refractivity contribution in [1.29, 1.82) is 0 Å². The van der Waals surface area contributed by atoms with Crippen LogP contribution in [0.1, 0.15) is 30.4 Å². The van der Waals surface area contributed by atoms with Gasteiger partial charge in [0, 0.05) is 25.5 Å². The summed E-state index contributed by atoms with van der Waals surface area (Å²) in [7, 11) is 0. The van der Waals surface area contributed by atoms with Crippen LogP contribution in [0.15, 0.2) is 12.4 Å². The van der Waals surface area contributed by atoms with E-state index in [4.69, 9.17) is 10.5 Å². The third-order valence-electron chi connectivity index (χ3n) is 3.41. The number of carbonyl (C=O) groups excluding carboxylic acids is 1. The van der Waals surface area contributed by atoms with Gasteiger partial charge in [-0.2, -0.15) is 0 Å². The summed E-state index contributed by atoms with van der Waals surface area (Å²) >= 11 is 1.30. The summed E-state index contributed by atoms with van der Waals surface area (Å²) in [6, 6.07) is 0. The molecule has 1 amide bonds. The SMILES string of the molecule is CC1CN(C(=O)c2sc3nccnc3c2N)CC(C)(C)O1. The molecule has 1 fully saturated rings. The Morgan fingerprint density at radius 3 is 2.86 bits per heavy atom. The highest BCUT2D eigenvalue weighted by Crippen LogP contribution is 2.32. The van der Waals surface area contributed by atoms with Crippen LogP contribution < -0.4 is 5.73 Å². The lowest BCUT2D eigenvalue weighted by Gasteiger charge is -2.41. The van der Waals surface area contributed by atoms with E-state index in [0.717, 1.165) is 0 Å². The van der Waals surface area contributed by atoms with Crippen molar-refractivity contribution >= 4 is 33.3 Å². The van der Waals surface area contributed by atoms with E-state index in [2.05, 4.69) is 9.97 Å². The molecule has 2 N–H and O–H groups in total. The van der Waals surface area contributed by atoms with Crippen LogP contribution in [0.2, 0.25) is 0 Å². The van der Waals surface area contributed by atoms with Gasteiger partial charge < -0.3 is 15.4 Å². The van der Waals surface area contributed by atoms with Gasteiger partial charge in [0.25, 0.3) is 5.91 Å². The van der Waals surface area contributed by atoms with E-state index in [1.807, 2.05) is 20.8 Å². The molecule has 1 unspecified atom stereocenters. The fourth-order valence-electron chi connectivity index (χ4n) is 2.75. The van der Waals surface area contributed by atoms with Crippen LogP contribution in [0.3, 0.4) is 0 Å². The van der Waals surface area contributed by atoms with Gasteiger partial charge in [-0.15, -0.1) is 11.3 Å². The van der Waals surface area contributed by atoms with Gasteiger partial charge in [-0.1, -0.05) is 0 Å². The van der Waals surface area contributed by atoms with Crippen molar-refractivity contribution < 1.29 is 9.53 Å². The molecular formula is C14H18N4O2S. The molecule has 0 bridgehead atoms. The number of hydrogen-bond acceptors (Lipinski definition) is 6. The Labute approximate surface area is 126 Å². The van der Waals surface area contributed by atoms with Gasteiger partial charge >= 0.3 is 0 Å². The molecule has 7 heteroatoms. The summed E-state index contributed by atoms with van der Waals surface area (Å²) in [6.07, 6.45) is 3.19. The zero-order chi connectivity index (χ0) is 15.2. The molecule has 0 aromatic carbocycles. The molecule has 0 spiro atoms. The van der Waals surface area contributed by atoms with E-state index < -0.39 is 0 Å². The van der Waals surface area contributed by atoms with E-state index in [0.29, 0.717) is 34.0 Å². The van der Waals surface area contributed by atoms with Gasteiger partial charge in [0.2, 0.25) is 0 Å². The average molecular weight is 306 g/mol. The normalized spacial score (nSPS) is 21.7. The number of ether oxygens (including phenoxy) is 1. The Morgan fingerprint density at radius 2 is 2.19 bits per heavy atom. The number of carbonyl (C=O) groups is 1. The standard InChI is InChI=1S/C14H18N4O2S/c1-8-6-18(7-14(2,3)20-8)13(19)11-9(15)10-12(21-11)17-5-4-16-10/h4-5,8H,6-7,15H2,1-3H3. The minimum atomic E-state index is -0.352. The highest BCUT2D eigenvalue weighted by atomic mass is 32.1. The number of nitrogen functional groups attached to an aromatic ring is 1. The molecule has 0 radical (unpaired) electrons. The predicted molar refractivity (Wildman–Crippen MR) is 82.4 cm³/mol. The lowest BCUT2D eigenvalue weighted by Crippen LogP contribution is -2.53. The maximum Gasteiger partial charge on any atom is 0.266 e. The zero-order valence-corrected chi connectivity index (χ0v) is 13.1. The second-order valence-corrected chi connectivity index (χ2v) is 6.93. The fourth-order valence-corrected chi connectivity index (χ4v) is 3.74. The van der Waals surface area contributed by atoms with E-state index in [1.54, 1.807) is 17.3 Å². The predicted octanol–water partition coefficient (Wildman–Crippen LogP) is 1.91. The highest BCUT2D eigenvalue weighted by Gasteiger charge is 2.35. The highest BCUT2D eigenvalue weighted by molar-refractivity contribution is 7.21. The van der Waals surface area contributed by atoms with Crippen molar-refractivity contribution in [2.24, 2.45) is 0 Å². The monoisotopic (exact) mass is 306 g/mol. The van der Waals surface area contributed by atoms with Crippen molar-refractivity contribution in [3.63, 3.8) is 0 Å². The molecule has 0 aliphatic carbocycles. The first-order valence-corrected chi connectivity index (χ1v) is 7.65. The number of aromatic nitrogens is 2. The summed E-state index contributed by atoms with van der Waals surface area (Å²) in [5, 5.41) is 0. The third kappa shape index (κ3) is 2.58. The first-order valence-electron chi connectivity index (χ1n) is 6.83. The molecule has 1 atom stereocenters. The molecule has 3 rings (SSSR count). The largest absolute Gasteiger partial charge is 0.396 e. The minimum Gasteiger partial charge on any atom is -0.396 e. The summed E-state index contributed by atoms with van der Waals surface area (Å²) in [4.78, 5) is 24.2. The number of nitrogens with zero attached hydrogens (tertiary/aromatic N) is 3. The molecule has 112 valence electrons. The molecule has 3 heterocycles. The molecule has 2 aromatic heterocycles. The Balaban J connectivity index is 1.95. The van der Waals surface area contributed by atoms with Crippen LogP contribution >= 0.6 is 11.3 Å². The van der Waals surface area contributed by atoms with E-state index in [1.165, 1.54) is 11.3 Å². The average Bonchev–Trinajstić information content (AvgIpc) is 2.73. The van der Waals surface area contributed by atoms with Crippen LogP contribution in [0, 0.1) is 0 Å². The number of anilines is 1. The van der Waals surface area contributed by atoms with Crippen molar-refractivity contribution in [1.82, 2.24) is 14.9 Å². The van der Waals surface area contributed by atoms with Gasteiger partial charge in [-0.25, -0.2) is 9.97 Å². The van der Waals surface area contributed by atoms with Gasteiger partial charge in [0.05, 0.1) is 17.4 Å². The zero-order valence-electron chi connectivity index (χ0n) is 12.3. The number of nitrogens with two attached hydrogens (primary N) is 1. The van der Waals surface area contributed by atoms with Crippen LogP contribution in [0.4, 0.5) is 5.69 Å². The Kier molecular flexibility index (Phi) is 3.33. The first kappa shape index (κ1) is 14.2. The second kappa shape index (κ2) is 4.92. The third-order valence-corrected chi connectivity index (χ3v) is 4.50. The molecule has 6 nitrogen and oxygen atoms in total. The quantitative estimate of drug-likeness (QED) is 0.870. The molecule has 1 saturated heterocycles. The summed E-state index contributed by atoms with van der Waals surface area (Å²) in [5.41, 5.74) is 6.75. The number of thiophene rings is 1. The fraction of sp³-hybridized carbons (Fsp3) is 0.500. The van der Waals surface area contributed by atoms with Crippen LogP contribution in [0.5, 0.6) is 0 Å². The summed E-state index contributed by atoms with van der Waals surface area (Å²) < 4.78 is 5.83. The first-order chi connectivity index (χ1) is 9.87. The second-order valence-electron chi connectivity index (χ2n) is 5.93.